The Labute approximate surface area is 121 Å². The molecule has 0 spiro atoms. The molecule has 7 heteroatoms. The van der Waals surface area contributed by atoms with E-state index < -0.39 is 23.7 Å². The Hall–Kier alpha value is -1.96. The molecule has 4 atom stereocenters. The molecule has 0 amide bonds. The van der Waals surface area contributed by atoms with Gasteiger partial charge in [0.15, 0.2) is 0 Å². The Morgan fingerprint density at radius 1 is 1.43 bits per heavy atom. The Kier molecular flexibility index (Phi) is 3.01. The van der Waals surface area contributed by atoms with Gasteiger partial charge in [-0.15, -0.1) is 0 Å². The molecule has 0 saturated heterocycles. The Balaban J connectivity index is 2.15. The Morgan fingerprint density at radius 3 is 2.76 bits per heavy atom. The smallest absolute Gasteiger partial charge is 0.146 e. The standard InChI is InChI=1S/C14H18N4O3/c1-7-9(10(20)11(21)14(7,2)5-19)18-4-3-8-12(15)16-6-17-13(8)18/h3-4,6,9-11,19-21H,1,5H2,2H3,(H2,15,16,17)/t9-,10+,11+,14+/m1/s1. The zero-order valence-corrected chi connectivity index (χ0v) is 11.6. The van der Waals surface area contributed by atoms with E-state index in [4.69, 9.17) is 5.73 Å². The van der Waals surface area contributed by atoms with Gasteiger partial charge in [0.1, 0.15) is 23.9 Å². The molecule has 1 saturated carbocycles. The molecular weight excluding hydrogens is 272 g/mol. The van der Waals surface area contributed by atoms with E-state index in [0.717, 1.165) is 0 Å². The van der Waals surface area contributed by atoms with Gasteiger partial charge in [-0.05, 0) is 11.6 Å². The van der Waals surface area contributed by atoms with Crippen LogP contribution in [0.25, 0.3) is 11.0 Å². The van der Waals surface area contributed by atoms with Crippen LogP contribution in [0.4, 0.5) is 5.82 Å². The summed E-state index contributed by atoms with van der Waals surface area (Å²) in [4.78, 5) is 8.11. The van der Waals surface area contributed by atoms with Gasteiger partial charge in [-0.25, -0.2) is 9.97 Å². The van der Waals surface area contributed by atoms with E-state index in [1.165, 1.54) is 6.33 Å². The monoisotopic (exact) mass is 290 g/mol. The van der Waals surface area contributed by atoms with Crippen molar-refractivity contribution in [1.29, 1.82) is 0 Å². The van der Waals surface area contributed by atoms with Gasteiger partial charge < -0.3 is 25.6 Å². The summed E-state index contributed by atoms with van der Waals surface area (Å²) in [6.07, 6.45) is 0.892. The number of hydrogen-bond acceptors (Lipinski definition) is 6. The highest BCUT2D eigenvalue weighted by Crippen LogP contribution is 2.48. The molecular formula is C14H18N4O3. The van der Waals surface area contributed by atoms with Crippen LogP contribution >= 0.6 is 0 Å². The largest absolute Gasteiger partial charge is 0.395 e. The second kappa shape index (κ2) is 4.52. The average molecular weight is 290 g/mol. The highest BCUT2D eigenvalue weighted by molar-refractivity contribution is 5.86. The summed E-state index contributed by atoms with van der Waals surface area (Å²) < 4.78 is 1.71. The highest BCUT2D eigenvalue weighted by atomic mass is 16.3. The fraction of sp³-hybridized carbons (Fsp3) is 0.429. The number of rotatable bonds is 2. The molecule has 0 unspecified atom stereocenters. The van der Waals surface area contributed by atoms with Crippen LogP contribution in [0.2, 0.25) is 0 Å². The summed E-state index contributed by atoms with van der Waals surface area (Å²) in [6, 6.07) is 1.18. The van der Waals surface area contributed by atoms with E-state index in [0.29, 0.717) is 22.4 Å². The maximum atomic E-state index is 10.4. The first kappa shape index (κ1) is 14.0. The summed E-state index contributed by atoms with van der Waals surface area (Å²) in [7, 11) is 0. The van der Waals surface area contributed by atoms with E-state index in [-0.39, 0.29) is 6.61 Å². The van der Waals surface area contributed by atoms with Crippen molar-refractivity contribution in [2.24, 2.45) is 5.41 Å². The molecule has 2 aromatic rings. The molecule has 0 bridgehead atoms. The number of nitrogens with zero attached hydrogens (tertiary/aromatic N) is 3. The van der Waals surface area contributed by atoms with Gasteiger partial charge in [0.2, 0.25) is 0 Å². The number of nitrogens with two attached hydrogens (primary N) is 1. The van der Waals surface area contributed by atoms with Gasteiger partial charge in [-0.1, -0.05) is 13.5 Å². The zero-order valence-electron chi connectivity index (χ0n) is 11.6. The molecule has 112 valence electrons. The zero-order chi connectivity index (χ0) is 15.4. The van der Waals surface area contributed by atoms with Crippen LogP contribution in [0.1, 0.15) is 13.0 Å². The lowest BCUT2D eigenvalue weighted by Crippen LogP contribution is -2.37. The van der Waals surface area contributed by atoms with Crippen LogP contribution in [0.3, 0.4) is 0 Å². The molecule has 0 aromatic carbocycles. The number of fused-ring (bicyclic) bond motifs is 1. The molecule has 7 nitrogen and oxygen atoms in total. The van der Waals surface area contributed by atoms with Crippen molar-refractivity contribution in [1.82, 2.24) is 14.5 Å². The van der Waals surface area contributed by atoms with Crippen LogP contribution in [0.15, 0.2) is 30.7 Å². The highest BCUT2D eigenvalue weighted by Gasteiger charge is 2.53. The van der Waals surface area contributed by atoms with Crippen molar-refractivity contribution in [3.8, 4) is 0 Å². The third kappa shape index (κ3) is 1.71. The van der Waals surface area contributed by atoms with E-state index >= 15 is 0 Å². The summed E-state index contributed by atoms with van der Waals surface area (Å²) >= 11 is 0. The SMILES string of the molecule is C=C1[C@@H](n2ccc3c(N)ncnc32)[C@H](O)[C@H](O)[C@@]1(C)CO. The van der Waals surface area contributed by atoms with Crippen molar-refractivity contribution in [3.05, 3.63) is 30.7 Å². The fourth-order valence-electron chi connectivity index (χ4n) is 3.03. The molecule has 2 heterocycles. The second-order valence-electron chi connectivity index (χ2n) is 5.70. The van der Waals surface area contributed by atoms with Crippen LogP contribution in [-0.2, 0) is 0 Å². The maximum Gasteiger partial charge on any atom is 0.146 e. The average Bonchev–Trinajstić information content (AvgIpc) is 2.96. The van der Waals surface area contributed by atoms with Gasteiger partial charge in [-0.3, -0.25) is 0 Å². The predicted octanol–water partition coefficient (Wildman–Crippen LogP) is -0.155. The molecule has 21 heavy (non-hydrogen) atoms. The number of aliphatic hydroxyl groups is 3. The first-order chi connectivity index (χ1) is 9.91. The van der Waals surface area contributed by atoms with Crippen LogP contribution in [0, 0.1) is 5.41 Å². The first-order valence-corrected chi connectivity index (χ1v) is 6.65. The number of nitrogen functional groups attached to an aromatic ring is 1. The van der Waals surface area contributed by atoms with Gasteiger partial charge >= 0.3 is 0 Å². The molecule has 5 N–H and O–H groups in total. The molecule has 2 aromatic heterocycles. The quantitative estimate of drug-likeness (QED) is 0.571. The summed E-state index contributed by atoms with van der Waals surface area (Å²) in [5, 5.41) is 30.9. The lowest BCUT2D eigenvalue weighted by atomic mass is 9.84. The minimum Gasteiger partial charge on any atom is -0.395 e. The van der Waals surface area contributed by atoms with E-state index in [9.17, 15) is 15.3 Å². The van der Waals surface area contributed by atoms with Crippen molar-refractivity contribution in [3.63, 3.8) is 0 Å². The third-order valence-corrected chi connectivity index (χ3v) is 4.56. The molecule has 1 fully saturated rings. The fourth-order valence-corrected chi connectivity index (χ4v) is 3.03. The van der Waals surface area contributed by atoms with Crippen LogP contribution in [0.5, 0.6) is 0 Å². The number of hydrogen-bond donors (Lipinski definition) is 4. The van der Waals surface area contributed by atoms with E-state index in [1.807, 2.05) is 0 Å². The topological polar surface area (TPSA) is 117 Å². The predicted molar refractivity (Wildman–Crippen MR) is 77.3 cm³/mol. The molecule has 1 aliphatic rings. The number of aliphatic hydroxyl groups excluding tert-OH is 3. The normalized spacial score (nSPS) is 33.0. The first-order valence-electron chi connectivity index (χ1n) is 6.65. The Bertz CT molecular complexity index is 713. The van der Waals surface area contributed by atoms with Gasteiger partial charge in [0, 0.05) is 11.6 Å². The Morgan fingerprint density at radius 2 is 2.14 bits per heavy atom. The van der Waals surface area contributed by atoms with Gasteiger partial charge in [-0.2, -0.15) is 0 Å². The van der Waals surface area contributed by atoms with E-state index in [1.54, 1.807) is 23.8 Å². The van der Waals surface area contributed by atoms with Gasteiger partial charge in [0.05, 0.1) is 24.1 Å². The molecule has 0 aliphatic heterocycles. The molecule has 1 aliphatic carbocycles. The minimum absolute atomic E-state index is 0.295. The lowest BCUT2D eigenvalue weighted by Gasteiger charge is -2.27. The van der Waals surface area contributed by atoms with Crippen LogP contribution in [-0.4, -0.2) is 48.7 Å². The van der Waals surface area contributed by atoms with Crippen molar-refractivity contribution in [2.75, 3.05) is 12.3 Å². The van der Waals surface area contributed by atoms with Crippen molar-refractivity contribution >= 4 is 16.9 Å². The molecule has 3 rings (SSSR count). The maximum absolute atomic E-state index is 10.4. The number of anilines is 1. The van der Waals surface area contributed by atoms with Gasteiger partial charge in [0.25, 0.3) is 0 Å². The minimum atomic E-state index is -1.10. The number of aromatic nitrogens is 3. The summed E-state index contributed by atoms with van der Waals surface area (Å²) in [6.45, 7) is 5.35. The van der Waals surface area contributed by atoms with E-state index in [2.05, 4.69) is 16.5 Å². The lowest BCUT2D eigenvalue weighted by molar-refractivity contribution is -0.0358. The summed E-state index contributed by atoms with van der Waals surface area (Å²) in [5.74, 6) is 0.349. The summed E-state index contributed by atoms with van der Waals surface area (Å²) in [5.41, 5.74) is 5.96. The van der Waals surface area contributed by atoms with Crippen LogP contribution < -0.4 is 5.73 Å². The van der Waals surface area contributed by atoms with Crippen molar-refractivity contribution < 1.29 is 15.3 Å². The second-order valence-corrected chi connectivity index (χ2v) is 5.70. The molecule has 0 radical (unpaired) electrons. The third-order valence-electron chi connectivity index (χ3n) is 4.56. The van der Waals surface area contributed by atoms with Crippen molar-refractivity contribution in [2.45, 2.75) is 25.2 Å².